The van der Waals surface area contributed by atoms with Crippen molar-refractivity contribution in [2.75, 3.05) is 6.61 Å². The van der Waals surface area contributed by atoms with Crippen LogP contribution in [0.2, 0.25) is 0 Å². The molecule has 4 heteroatoms. The van der Waals surface area contributed by atoms with Gasteiger partial charge in [-0.25, -0.2) is 0 Å². The minimum Gasteiger partial charge on any atom is -0.377 e. The summed E-state index contributed by atoms with van der Waals surface area (Å²) in [4.78, 5) is 0. The number of rotatable bonds is 6. The van der Waals surface area contributed by atoms with E-state index in [4.69, 9.17) is 9.26 Å². The first-order chi connectivity index (χ1) is 8.50. The number of hydrogen-bond acceptors (Lipinski definition) is 4. The molecule has 0 saturated heterocycles. The minimum absolute atomic E-state index is 0.193. The number of nitrogens with zero attached hydrogens (tertiary/aromatic N) is 1. The predicted octanol–water partition coefficient (Wildman–Crippen LogP) is 2.60. The number of hydrogen-bond donors (Lipinski definition) is 1. The van der Waals surface area contributed by atoms with Gasteiger partial charge in [0.1, 0.15) is 6.26 Å². The Kier molecular flexibility index (Phi) is 4.07. The van der Waals surface area contributed by atoms with Crippen molar-refractivity contribution in [1.29, 1.82) is 0 Å². The molecule has 102 valence electrons. The maximum Gasteiger partial charge on any atom is 0.124 e. The summed E-state index contributed by atoms with van der Waals surface area (Å²) in [5.41, 5.74) is 1.15. The van der Waals surface area contributed by atoms with Gasteiger partial charge in [-0.05, 0) is 12.3 Å². The van der Waals surface area contributed by atoms with Gasteiger partial charge in [-0.15, -0.1) is 0 Å². The van der Waals surface area contributed by atoms with Crippen LogP contribution in [0.5, 0.6) is 0 Å². The lowest BCUT2D eigenvalue weighted by Gasteiger charge is -2.52. The fraction of sp³-hybridized carbons (Fsp3) is 0.786. The average molecular weight is 252 g/mol. The molecule has 0 amide bonds. The van der Waals surface area contributed by atoms with E-state index in [1.807, 2.05) is 6.07 Å². The van der Waals surface area contributed by atoms with E-state index in [9.17, 15) is 0 Å². The summed E-state index contributed by atoms with van der Waals surface area (Å²) in [6.07, 6.45) is 3.06. The molecule has 0 aromatic carbocycles. The molecule has 1 aromatic rings. The van der Waals surface area contributed by atoms with E-state index < -0.39 is 0 Å². The molecule has 2 atom stereocenters. The first-order valence-corrected chi connectivity index (χ1v) is 6.74. The Labute approximate surface area is 109 Å². The van der Waals surface area contributed by atoms with Crippen molar-refractivity contribution in [2.45, 2.75) is 52.8 Å². The Morgan fingerprint density at radius 3 is 2.89 bits per heavy atom. The topological polar surface area (TPSA) is 47.3 Å². The maximum absolute atomic E-state index is 5.95. The average Bonchev–Trinajstić information content (AvgIpc) is 2.79. The van der Waals surface area contributed by atoms with Crippen LogP contribution < -0.4 is 5.32 Å². The van der Waals surface area contributed by atoms with Crippen molar-refractivity contribution in [2.24, 2.45) is 11.3 Å². The van der Waals surface area contributed by atoms with Crippen LogP contribution in [0.25, 0.3) is 0 Å². The highest BCUT2D eigenvalue weighted by Gasteiger charge is 2.48. The summed E-state index contributed by atoms with van der Waals surface area (Å²) >= 11 is 0. The highest BCUT2D eigenvalue weighted by atomic mass is 16.5. The van der Waals surface area contributed by atoms with Crippen LogP contribution >= 0.6 is 0 Å². The summed E-state index contributed by atoms with van der Waals surface area (Å²) in [5, 5.41) is 7.43. The molecule has 18 heavy (non-hydrogen) atoms. The molecule has 1 N–H and O–H groups in total. The van der Waals surface area contributed by atoms with E-state index in [1.54, 1.807) is 6.26 Å². The second kappa shape index (κ2) is 5.41. The van der Waals surface area contributed by atoms with E-state index in [0.717, 1.165) is 25.3 Å². The quantitative estimate of drug-likeness (QED) is 0.845. The molecule has 0 spiro atoms. The standard InChI is InChI=1S/C14H24N2O2/c1-10(2)9-17-13-7-12(14(13,3)4)15-8-11-5-6-18-16-11/h5-6,10,12-13,15H,7-9H2,1-4H3. The molecule has 2 unspecified atom stereocenters. The van der Waals surface area contributed by atoms with Gasteiger partial charge in [-0.1, -0.05) is 32.9 Å². The van der Waals surface area contributed by atoms with Gasteiger partial charge < -0.3 is 14.6 Å². The molecule has 1 aromatic heterocycles. The van der Waals surface area contributed by atoms with Crippen molar-refractivity contribution in [3.05, 3.63) is 18.0 Å². The Balaban J connectivity index is 1.76. The lowest BCUT2D eigenvalue weighted by atomic mass is 9.64. The monoisotopic (exact) mass is 252 g/mol. The smallest absolute Gasteiger partial charge is 0.124 e. The Bertz CT molecular complexity index is 360. The zero-order valence-electron chi connectivity index (χ0n) is 11.8. The molecule has 2 rings (SSSR count). The molecule has 0 aliphatic heterocycles. The molecule has 1 aliphatic carbocycles. The first kappa shape index (κ1) is 13.6. The van der Waals surface area contributed by atoms with Crippen LogP contribution in [0, 0.1) is 11.3 Å². The number of aromatic nitrogens is 1. The summed E-state index contributed by atoms with van der Waals surface area (Å²) in [5.74, 6) is 0.600. The van der Waals surface area contributed by atoms with Gasteiger partial charge in [0.25, 0.3) is 0 Å². The largest absolute Gasteiger partial charge is 0.377 e. The summed E-state index contributed by atoms with van der Waals surface area (Å²) in [6.45, 7) is 10.5. The van der Waals surface area contributed by atoms with Gasteiger partial charge in [-0.3, -0.25) is 0 Å². The van der Waals surface area contributed by atoms with E-state index in [0.29, 0.717) is 18.1 Å². The zero-order chi connectivity index (χ0) is 13.2. The normalized spacial score (nSPS) is 26.3. The number of ether oxygens (including phenoxy) is 1. The molecule has 1 aliphatic rings. The summed E-state index contributed by atoms with van der Waals surface area (Å²) < 4.78 is 10.8. The fourth-order valence-corrected chi connectivity index (χ4v) is 2.38. The van der Waals surface area contributed by atoms with E-state index in [1.165, 1.54) is 0 Å². The zero-order valence-corrected chi connectivity index (χ0v) is 11.8. The van der Waals surface area contributed by atoms with Gasteiger partial charge in [0.15, 0.2) is 0 Å². The van der Waals surface area contributed by atoms with Crippen molar-refractivity contribution in [1.82, 2.24) is 10.5 Å². The minimum atomic E-state index is 0.193. The molecular formula is C14H24N2O2. The highest BCUT2D eigenvalue weighted by Crippen LogP contribution is 2.43. The molecule has 1 saturated carbocycles. The van der Waals surface area contributed by atoms with E-state index >= 15 is 0 Å². The molecule has 4 nitrogen and oxygen atoms in total. The van der Waals surface area contributed by atoms with E-state index in [2.05, 4.69) is 38.2 Å². The first-order valence-electron chi connectivity index (χ1n) is 6.74. The van der Waals surface area contributed by atoms with Crippen molar-refractivity contribution in [3.63, 3.8) is 0 Å². The van der Waals surface area contributed by atoms with Gasteiger partial charge in [0.05, 0.1) is 11.8 Å². The second-order valence-electron chi connectivity index (χ2n) is 6.20. The molecule has 1 fully saturated rings. The van der Waals surface area contributed by atoms with Gasteiger partial charge >= 0.3 is 0 Å². The third-order valence-corrected chi connectivity index (χ3v) is 3.83. The van der Waals surface area contributed by atoms with Crippen LogP contribution in [0.15, 0.2) is 16.9 Å². The number of nitrogens with one attached hydrogen (secondary N) is 1. The maximum atomic E-state index is 5.95. The van der Waals surface area contributed by atoms with Crippen LogP contribution in [-0.4, -0.2) is 23.9 Å². The second-order valence-corrected chi connectivity index (χ2v) is 6.20. The Morgan fingerprint density at radius 1 is 1.56 bits per heavy atom. The van der Waals surface area contributed by atoms with E-state index in [-0.39, 0.29) is 5.41 Å². The molecule has 0 radical (unpaired) electrons. The van der Waals surface area contributed by atoms with Crippen molar-refractivity contribution in [3.8, 4) is 0 Å². The van der Waals surface area contributed by atoms with Crippen molar-refractivity contribution >= 4 is 0 Å². The molecular weight excluding hydrogens is 228 g/mol. The van der Waals surface area contributed by atoms with Crippen LogP contribution in [0.3, 0.4) is 0 Å². The van der Waals surface area contributed by atoms with Gasteiger partial charge in [0, 0.05) is 30.7 Å². The lowest BCUT2D eigenvalue weighted by molar-refractivity contribution is -0.124. The van der Waals surface area contributed by atoms with Gasteiger partial charge in [-0.2, -0.15) is 0 Å². The Morgan fingerprint density at radius 2 is 2.33 bits per heavy atom. The third kappa shape index (κ3) is 2.93. The van der Waals surface area contributed by atoms with Crippen LogP contribution in [0.4, 0.5) is 0 Å². The molecule has 1 heterocycles. The fourth-order valence-electron chi connectivity index (χ4n) is 2.38. The summed E-state index contributed by atoms with van der Waals surface area (Å²) in [6, 6.07) is 2.39. The summed E-state index contributed by atoms with van der Waals surface area (Å²) in [7, 11) is 0. The third-order valence-electron chi connectivity index (χ3n) is 3.83. The van der Waals surface area contributed by atoms with Crippen LogP contribution in [0.1, 0.15) is 39.8 Å². The predicted molar refractivity (Wildman–Crippen MR) is 70.1 cm³/mol. The van der Waals surface area contributed by atoms with Crippen LogP contribution in [-0.2, 0) is 11.3 Å². The SMILES string of the molecule is CC(C)COC1CC(NCc2ccon2)C1(C)C. The molecule has 0 bridgehead atoms. The Hall–Kier alpha value is -0.870. The van der Waals surface area contributed by atoms with Gasteiger partial charge in [0.2, 0.25) is 0 Å². The lowest BCUT2D eigenvalue weighted by Crippen LogP contribution is -2.60. The highest BCUT2D eigenvalue weighted by molar-refractivity contribution is 5.04. The van der Waals surface area contributed by atoms with Crippen molar-refractivity contribution < 1.29 is 9.26 Å².